The summed E-state index contributed by atoms with van der Waals surface area (Å²) in [6, 6.07) is 0.182. The summed E-state index contributed by atoms with van der Waals surface area (Å²) >= 11 is 0. The van der Waals surface area contributed by atoms with Gasteiger partial charge in [-0.15, -0.1) is 0 Å². The summed E-state index contributed by atoms with van der Waals surface area (Å²) in [5.74, 6) is -0.413. The second-order valence-electron chi connectivity index (χ2n) is 8.45. The smallest absolute Gasteiger partial charge is 0.466 e. The zero-order valence-electron chi connectivity index (χ0n) is 19.2. The summed E-state index contributed by atoms with van der Waals surface area (Å²) in [6.07, 6.45) is 0.322. The second kappa shape index (κ2) is 8.71. The van der Waals surface area contributed by atoms with Crippen LogP contribution in [0.4, 0.5) is 0 Å². The Morgan fingerprint density at radius 1 is 0.844 bits per heavy atom. The third-order valence-electron chi connectivity index (χ3n) is 4.84. The largest absolute Gasteiger partial charge is 0.482 e. The molecule has 4 saturated heterocycles. The van der Waals surface area contributed by atoms with Crippen LogP contribution in [0.1, 0.15) is 6.92 Å². The van der Waals surface area contributed by atoms with E-state index in [0.29, 0.717) is 6.23 Å². The Morgan fingerprint density at radius 3 is 2.12 bits per heavy atom. The monoisotopic (exact) mass is 594 g/mol. The molecule has 4 aliphatic rings. The van der Waals surface area contributed by atoms with E-state index in [0.717, 1.165) is 0 Å². The molecule has 0 aliphatic carbocycles. The lowest BCUT2D eigenvalue weighted by molar-refractivity contribution is -0.140. The molecule has 4 aliphatic heterocycles. The summed E-state index contributed by atoms with van der Waals surface area (Å²) < 4.78 is 75.6. The maximum atomic E-state index is 11.4. The molecule has 0 spiro atoms. The van der Waals surface area contributed by atoms with Crippen LogP contribution in [0.3, 0.4) is 0 Å². The van der Waals surface area contributed by atoms with Gasteiger partial charge in [0.1, 0.15) is 0 Å². The average molecular weight is 595 g/mol. The van der Waals surface area contributed by atoms with E-state index >= 15 is 0 Å². The van der Waals surface area contributed by atoms with Gasteiger partial charge in [0, 0.05) is 39.7 Å². The Balaban J connectivity index is 1.81. The molecule has 6 bridgehead atoms. The van der Waals surface area contributed by atoms with Crippen molar-refractivity contribution >= 4 is 77.8 Å². The zero-order chi connectivity index (χ0) is 23.5. The van der Waals surface area contributed by atoms with Crippen molar-refractivity contribution in [3.8, 4) is 0 Å². The van der Waals surface area contributed by atoms with Crippen molar-refractivity contribution in [2.45, 2.75) is 52.2 Å². The van der Waals surface area contributed by atoms with Crippen molar-refractivity contribution < 1.29 is 55.1 Å². The topological polar surface area (TPSA) is 128 Å². The maximum absolute atomic E-state index is 11.4. The highest BCUT2D eigenvalue weighted by atomic mass is 28.6. The standard InChI is InChI=1S/C11H30O13Si8/c1-11(12)13-8-9-32-16-25-15-28(4)19-29(5)17-26(2)10-14-27(3,23-32)18-30(6,21-29)22-31(7,20-28)24-32/h26H,8-10,25H2,1-7H3. The molecule has 0 N–H and O–H groups in total. The average Bonchev–Trinajstić information content (AvgIpc) is 2.57. The Labute approximate surface area is 197 Å². The van der Waals surface area contributed by atoms with Gasteiger partial charge in [0.05, 0.1) is 18.9 Å². The molecular formula is C11H30O13Si8. The van der Waals surface area contributed by atoms with Crippen LogP contribution in [0.2, 0.25) is 45.3 Å². The van der Waals surface area contributed by atoms with Crippen LogP contribution in [0, 0.1) is 0 Å². The molecule has 7 unspecified atom stereocenters. The van der Waals surface area contributed by atoms with Crippen molar-refractivity contribution in [3.63, 3.8) is 0 Å². The van der Waals surface area contributed by atoms with E-state index in [1.54, 1.807) is 32.7 Å². The summed E-state index contributed by atoms with van der Waals surface area (Å²) in [4.78, 5) is 11.4. The van der Waals surface area contributed by atoms with Gasteiger partial charge in [-0.2, -0.15) is 0 Å². The van der Waals surface area contributed by atoms with E-state index in [4.69, 9.17) is 50.3 Å². The third kappa shape index (κ3) is 5.76. The SMILES string of the molecule is CC(=O)OCC[Si]12O[SiH2]O[Si]3(C)O[Si]4(C)O[SiH](C)CO[Si](C)(O[Si](C)(O4)O[Si](C)(O3)O1)O2. The molecule has 4 heterocycles. The molecular weight excluding hydrogens is 565 g/mol. The molecule has 0 aromatic heterocycles. The number of carbonyl (C=O) groups excluding carboxylic acids is 1. The number of esters is 1. The fourth-order valence-corrected chi connectivity index (χ4v) is 41.7. The molecule has 32 heavy (non-hydrogen) atoms. The Bertz CT molecular complexity index is 769. The minimum atomic E-state index is -3.56. The van der Waals surface area contributed by atoms with Gasteiger partial charge in [0.2, 0.25) is 0 Å². The van der Waals surface area contributed by atoms with E-state index in [-0.39, 0.29) is 12.7 Å². The molecule has 0 amide bonds. The van der Waals surface area contributed by atoms with Gasteiger partial charge in [-0.1, -0.05) is 0 Å². The molecule has 0 saturated carbocycles. The maximum Gasteiger partial charge on any atom is 0.482 e. The molecule has 0 aromatic carbocycles. The van der Waals surface area contributed by atoms with Crippen LogP contribution in [0.15, 0.2) is 0 Å². The van der Waals surface area contributed by atoms with Gasteiger partial charge in [-0.25, -0.2) is 0 Å². The molecule has 4 fully saturated rings. The normalized spacial score (nSPS) is 52.2. The number of hydrogen-bond acceptors (Lipinski definition) is 13. The van der Waals surface area contributed by atoms with Crippen LogP contribution in [-0.4, -0.2) is 90.7 Å². The van der Waals surface area contributed by atoms with Crippen LogP contribution in [-0.2, 0) is 55.1 Å². The number of fused-ring (bicyclic) bond motifs is 4. The first-order valence-electron chi connectivity index (χ1n) is 10.3. The first-order chi connectivity index (χ1) is 14.7. The Morgan fingerprint density at radius 2 is 1.41 bits per heavy atom. The van der Waals surface area contributed by atoms with Crippen molar-refractivity contribution in [1.29, 1.82) is 0 Å². The van der Waals surface area contributed by atoms with E-state index in [9.17, 15) is 4.79 Å². The van der Waals surface area contributed by atoms with Crippen molar-refractivity contribution in [2.24, 2.45) is 0 Å². The van der Waals surface area contributed by atoms with E-state index in [1.165, 1.54) is 6.92 Å². The highest BCUT2D eigenvalue weighted by Gasteiger charge is 2.71. The second-order valence-corrected chi connectivity index (χ2v) is 30.4. The predicted octanol–water partition coefficient (Wildman–Crippen LogP) is -0.539. The van der Waals surface area contributed by atoms with Gasteiger partial charge in [-0.05, 0) is 6.55 Å². The summed E-state index contributed by atoms with van der Waals surface area (Å²) in [7, 11) is -24.2. The van der Waals surface area contributed by atoms with Gasteiger partial charge in [0.25, 0.3) is 10.0 Å². The van der Waals surface area contributed by atoms with Gasteiger partial charge < -0.3 is 50.3 Å². The molecule has 0 aromatic rings. The highest BCUT2D eigenvalue weighted by Crippen LogP contribution is 2.41. The van der Waals surface area contributed by atoms with Crippen molar-refractivity contribution in [3.05, 3.63) is 0 Å². The molecule has 21 heteroatoms. The molecule has 7 atom stereocenters. The predicted molar refractivity (Wildman–Crippen MR) is 124 cm³/mol. The minimum Gasteiger partial charge on any atom is -0.466 e. The van der Waals surface area contributed by atoms with Crippen LogP contribution in [0.5, 0.6) is 0 Å². The lowest BCUT2D eigenvalue weighted by atomic mass is 10.8. The molecule has 13 nitrogen and oxygen atoms in total. The van der Waals surface area contributed by atoms with E-state index < -0.39 is 77.8 Å². The third-order valence-corrected chi connectivity index (χ3v) is 35.7. The van der Waals surface area contributed by atoms with Crippen molar-refractivity contribution in [2.75, 3.05) is 12.8 Å². The minimum absolute atomic E-state index is 0.0422. The van der Waals surface area contributed by atoms with Gasteiger partial charge >= 0.3 is 58.8 Å². The summed E-state index contributed by atoms with van der Waals surface area (Å²) in [6.45, 7) is 12.2. The number of hydrogen-bond donors (Lipinski definition) is 0. The highest BCUT2D eigenvalue weighted by molar-refractivity contribution is 6.96. The van der Waals surface area contributed by atoms with Crippen LogP contribution < -0.4 is 0 Å². The lowest BCUT2D eigenvalue weighted by Gasteiger charge is -2.53. The van der Waals surface area contributed by atoms with Crippen molar-refractivity contribution in [1.82, 2.24) is 0 Å². The number of carbonyl (C=O) groups is 1. The van der Waals surface area contributed by atoms with Crippen LogP contribution >= 0.6 is 0 Å². The van der Waals surface area contributed by atoms with Gasteiger partial charge in [-0.3, -0.25) is 4.79 Å². The van der Waals surface area contributed by atoms with E-state index in [2.05, 4.69) is 0 Å². The van der Waals surface area contributed by atoms with E-state index in [1.807, 2.05) is 6.55 Å². The quantitative estimate of drug-likeness (QED) is 0.307. The summed E-state index contributed by atoms with van der Waals surface area (Å²) in [5.41, 5.74) is 0. The Kier molecular flexibility index (Phi) is 7.03. The van der Waals surface area contributed by atoms with Gasteiger partial charge in [0.15, 0.2) is 9.04 Å². The number of rotatable bonds is 3. The fourth-order valence-electron chi connectivity index (χ4n) is 4.07. The Hall–Kier alpha value is 0.765. The number of ether oxygens (including phenoxy) is 1. The zero-order valence-corrected chi connectivity index (χ0v) is 27.8. The molecule has 184 valence electrons. The lowest BCUT2D eigenvalue weighted by Crippen LogP contribution is -2.78. The first kappa shape index (κ1) is 25.8. The summed E-state index contributed by atoms with van der Waals surface area (Å²) in [5, 5.41) is 0. The molecule has 0 radical (unpaired) electrons. The van der Waals surface area contributed by atoms with Crippen LogP contribution in [0.25, 0.3) is 0 Å². The fraction of sp³-hybridized carbons (Fsp3) is 0.909. The molecule has 4 rings (SSSR count). The first-order valence-corrected chi connectivity index (χ1v) is 27.0.